The zero-order chi connectivity index (χ0) is 22.5. The Bertz CT molecular complexity index is 1100. The predicted octanol–water partition coefficient (Wildman–Crippen LogP) is 3.59. The second-order valence-corrected chi connectivity index (χ2v) is 8.81. The van der Waals surface area contributed by atoms with Gasteiger partial charge in [0.1, 0.15) is 22.9 Å². The lowest BCUT2D eigenvalue weighted by atomic mass is 9.99. The molecule has 0 saturated carbocycles. The van der Waals surface area contributed by atoms with Crippen LogP contribution in [0, 0.1) is 5.82 Å². The van der Waals surface area contributed by atoms with Crippen LogP contribution in [0.3, 0.4) is 0 Å². The molecular weight excluding hydrogens is 431 g/mol. The molecule has 2 aromatic carbocycles. The Hall–Kier alpha value is -2.98. The molecule has 3 aromatic rings. The van der Waals surface area contributed by atoms with Gasteiger partial charge in [-0.15, -0.1) is 0 Å². The fourth-order valence-electron chi connectivity index (χ4n) is 3.84. The topological polar surface area (TPSA) is 97.5 Å². The number of nitrogens with two attached hydrogens (primary N) is 1. The summed E-state index contributed by atoms with van der Waals surface area (Å²) < 4.78 is 29.0. The molecule has 3 unspecified atom stereocenters. The first-order valence-electron chi connectivity index (χ1n) is 10.2. The van der Waals surface area contributed by atoms with Crippen molar-refractivity contribution >= 4 is 22.6 Å². The number of amides is 1. The molecule has 7 nitrogen and oxygen atoms in total. The average molecular weight is 455 g/mol. The highest BCUT2D eigenvalue weighted by molar-refractivity contribution is 7.82. The number of nitrogens with zero attached hydrogens (tertiary/aromatic N) is 2. The summed E-state index contributed by atoms with van der Waals surface area (Å²) >= 11 is 0. The minimum atomic E-state index is -1.68. The van der Waals surface area contributed by atoms with Crippen molar-refractivity contribution in [2.75, 3.05) is 11.9 Å². The van der Waals surface area contributed by atoms with E-state index in [0.717, 1.165) is 12.0 Å². The van der Waals surface area contributed by atoms with Crippen molar-refractivity contribution < 1.29 is 18.2 Å². The number of hydrogen-bond donors (Lipinski definition) is 2. The van der Waals surface area contributed by atoms with Crippen LogP contribution in [-0.4, -0.2) is 32.0 Å². The van der Waals surface area contributed by atoms with Crippen molar-refractivity contribution in [2.45, 2.75) is 29.9 Å². The van der Waals surface area contributed by atoms with Gasteiger partial charge in [0, 0.05) is 30.2 Å². The second kappa shape index (κ2) is 10.1. The van der Waals surface area contributed by atoms with Crippen molar-refractivity contribution in [3.05, 3.63) is 90.0 Å². The number of anilines is 1. The summed E-state index contributed by atoms with van der Waals surface area (Å²) in [7, 11) is -1.68. The Morgan fingerprint density at radius 1 is 1.16 bits per heavy atom. The third kappa shape index (κ3) is 4.76. The zero-order valence-corrected chi connectivity index (χ0v) is 18.0. The lowest BCUT2D eigenvalue weighted by molar-refractivity contribution is 0.0136. The van der Waals surface area contributed by atoms with E-state index >= 15 is 0 Å². The first kappa shape index (κ1) is 22.2. The van der Waals surface area contributed by atoms with Gasteiger partial charge >= 0.3 is 0 Å². The van der Waals surface area contributed by atoms with Crippen LogP contribution in [0.5, 0.6) is 0 Å². The molecule has 1 aliphatic rings. The van der Waals surface area contributed by atoms with Crippen LogP contribution >= 0.6 is 0 Å². The van der Waals surface area contributed by atoms with E-state index in [-0.39, 0.29) is 16.8 Å². The van der Waals surface area contributed by atoms with Gasteiger partial charge < -0.3 is 5.32 Å². The number of aromatic nitrogens is 1. The molecule has 1 amide bonds. The lowest BCUT2D eigenvalue weighted by Crippen LogP contribution is -2.38. The third-order valence-electron chi connectivity index (χ3n) is 5.42. The Labute approximate surface area is 188 Å². The lowest BCUT2D eigenvalue weighted by Gasteiger charge is -2.29. The highest BCUT2D eigenvalue weighted by Crippen LogP contribution is 2.34. The number of nitrogens with one attached hydrogen (secondary N) is 1. The van der Waals surface area contributed by atoms with Crippen molar-refractivity contribution in [3.63, 3.8) is 0 Å². The van der Waals surface area contributed by atoms with Crippen LogP contribution in [0.4, 0.5) is 10.1 Å². The Morgan fingerprint density at radius 2 is 1.88 bits per heavy atom. The molecule has 9 heteroatoms. The zero-order valence-electron chi connectivity index (χ0n) is 17.2. The van der Waals surface area contributed by atoms with E-state index in [1.54, 1.807) is 65.2 Å². The van der Waals surface area contributed by atoms with Gasteiger partial charge in [0.15, 0.2) is 0 Å². The molecular formula is C23H23FN4O3S. The Kier molecular flexibility index (Phi) is 7.01. The van der Waals surface area contributed by atoms with Crippen molar-refractivity contribution in [1.82, 2.24) is 9.29 Å². The summed E-state index contributed by atoms with van der Waals surface area (Å²) in [6.45, 7) is 0.540. The molecule has 1 saturated heterocycles. The summed E-state index contributed by atoms with van der Waals surface area (Å²) in [6, 6.07) is 16.1. The highest BCUT2D eigenvalue weighted by Gasteiger charge is 2.37. The van der Waals surface area contributed by atoms with Crippen LogP contribution in [0.25, 0.3) is 0 Å². The molecule has 1 fully saturated rings. The summed E-state index contributed by atoms with van der Waals surface area (Å²) in [5.41, 5.74) is 1.87. The van der Waals surface area contributed by atoms with E-state index in [9.17, 15) is 13.4 Å². The maximum absolute atomic E-state index is 14.2. The van der Waals surface area contributed by atoms with Crippen molar-refractivity contribution in [3.8, 4) is 0 Å². The summed E-state index contributed by atoms with van der Waals surface area (Å²) in [4.78, 5) is 21.8. The predicted molar refractivity (Wildman–Crippen MR) is 119 cm³/mol. The van der Waals surface area contributed by atoms with Crippen LogP contribution < -0.4 is 11.2 Å². The van der Waals surface area contributed by atoms with Gasteiger partial charge in [-0.2, -0.15) is 0 Å². The Balaban J connectivity index is 1.51. The number of halogens is 1. The molecule has 2 heterocycles. The van der Waals surface area contributed by atoms with Gasteiger partial charge in [-0.1, -0.05) is 24.3 Å². The monoisotopic (exact) mass is 454 g/mol. The molecule has 0 bridgehead atoms. The van der Waals surface area contributed by atoms with E-state index in [1.807, 2.05) is 0 Å². The quantitative estimate of drug-likeness (QED) is 0.532. The molecule has 1 aromatic heterocycles. The summed E-state index contributed by atoms with van der Waals surface area (Å²) in [5.74, 6) is 4.87. The number of hydrogen-bond acceptors (Lipinski definition) is 5. The fourth-order valence-corrected chi connectivity index (χ4v) is 5.28. The van der Waals surface area contributed by atoms with Gasteiger partial charge in [-0.3, -0.25) is 14.6 Å². The number of pyridine rings is 1. The smallest absolute Gasteiger partial charge is 0.255 e. The van der Waals surface area contributed by atoms with Gasteiger partial charge in [-0.25, -0.2) is 18.8 Å². The van der Waals surface area contributed by atoms with Crippen LogP contribution in [0.1, 0.15) is 34.9 Å². The summed E-state index contributed by atoms with van der Waals surface area (Å²) in [5, 5.41) is 2.80. The first-order valence-corrected chi connectivity index (χ1v) is 11.3. The van der Waals surface area contributed by atoms with E-state index in [1.165, 1.54) is 12.1 Å². The highest BCUT2D eigenvalue weighted by atomic mass is 32.2. The van der Waals surface area contributed by atoms with Crippen LogP contribution in [0.2, 0.25) is 0 Å². The number of carbonyl (C=O) groups excluding carboxylic acids is 1. The average Bonchev–Trinajstić information content (AvgIpc) is 3.30. The van der Waals surface area contributed by atoms with Crippen LogP contribution in [0.15, 0.2) is 78.0 Å². The summed E-state index contributed by atoms with van der Waals surface area (Å²) in [6.07, 6.45) is 4.11. The molecule has 166 valence electrons. The van der Waals surface area contributed by atoms with Gasteiger partial charge in [0.05, 0.1) is 10.9 Å². The van der Waals surface area contributed by atoms with E-state index in [2.05, 4.69) is 10.3 Å². The molecule has 0 spiro atoms. The molecule has 3 atom stereocenters. The van der Waals surface area contributed by atoms with Crippen LogP contribution in [-0.2, 0) is 15.8 Å². The molecule has 3 N–H and O–H groups in total. The maximum Gasteiger partial charge on any atom is 0.255 e. The molecule has 4 rings (SSSR count). The Morgan fingerprint density at radius 3 is 2.56 bits per heavy atom. The number of benzene rings is 2. The fraction of sp³-hybridized carbons (Fsp3) is 0.217. The minimum absolute atomic E-state index is 0.137. The van der Waals surface area contributed by atoms with Gasteiger partial charge in [-0.05, 0) is 54.8 Å². The van der Waals surface area contributed by atoms with E-state index in [4.69, 9.17) is 10.7 Å². The standard InChI is InChI=1S/C23H23FN4O3S/c24-19-4-1-2-6-21(19)32(30)28-15-3-5-20(28)22(31-25)16-7-9-17(10-8-16)23(29)27-18-11-13-26-14-12-18/h1-2,4,6-14,20,22H,3,5,15,25H2,(H,26,27,29). The molecule has 0 aliphatic carbocycles. The SMILES string of the molecule is NOC(c1ccc(C(=O)Nc2ccncc2)cc1)C1CCCN1S(=O)c1ccccc1F. The van der Waals surface area contributed by atoms with Crippen molar-refractivity contribution in [1.29, 1.82) is 0 Å². The van der Waals surface area contributed by atoms with Gasteiger partial charge in [0.2, 0.25) is 0 Å². The maximum atomic E-state index is 14.2. The molecule has 1 aliphatic heterocycles. The molecule has 32 heavy (non-hydrogen) atoms. The third-order valence-corrected chi connectivity index (χ3v) is 7.01. The van der Waals surface area contributed by atoms with E-state index < -0.39 is 22.9 Å². The van der Waals surface area contributed by atoms with Crippen molar-refractivity contribution in [2.24, 2.45) is 5.90 Å². The molecule has 0 radical (unpaired) electrons. The number of carbonyl (C=O) groups is 1. The normalized spacial score (nSPS) is 18.2. The van der Waals surface area contributed by atoms with Gasteiger partial charge in [0.25, 0.3) is 5.91 Å². The van der Waals surface area contributed by atoms with E-state index in [0.29, 0.717) is 24.2 Å². The number of rotatable bonds is 7. The minimum Gasteiger partial charge on any atom is -0.322 e. The second-order valence-electron chi connectivity index (χ2n) is 7.40. The largest absolute Gasteiger partial charge is 0.322 e. The first-order chi connectivity index (χ1) is 15.6.